The van der Waals surface area contributed by atoms with Crippen LogP contribution in [0.5, 0.6) is 5.75 Å². The third-order valence-electron chi connectivity index (χ3n) is 3.28. The number of ether oxygens (including phenoxy) is 2. The van der Waals surface area contributed by atoms with Gasteiger partial charge in [-0.05, 0) is 43.0 Å². The fourth-order valence-corrected chi connectivity index (χ4v) is 2.71. The lowest BCUT2D eigenvalue weighted by Crippen LogP contribution is -2.41. The van der Waals surface area contributed by atoms with Crippen LogP contribution in [0.4, 0.5) is 0 Å². The Balaban J connectivity index is 2.03. The van der Waals surface area contributed by atoms with Crippen molar-refractivity contribution in [1.82, 2.24) is 5.32 Å². The minimum atomic E-state index is 0.433. The summed E-state index contributed by atoms with van der Waals surface area (Å²) in [5.74, 6) is 0.955. The van der Waals surface area contributed by atoms with Crippen molar-refractivity contribution in [2.24, 2.45) is 0 Å². The van der Waals surface area contributed by atoms with E-state index in [9.17, 15) is 0 Å². The Morgan fingerprint density at radius 3 is 3.00 bits per heavy atom. The molecule has 100 valence electrons. The van der Waals surface area contributed by atoms with Crippen molar-refractivity contribution in [3.05, 3.63) is 28.3 Å². The number of morpholine rings is 1. The molecule has 1 atom stereocenters. The summed E-state index contributed by atoms with van der Waals surface area (Å²) in [6.45, 7) is 4.57. The molecule has 0 spiro atoms. The van der Waals surface area contributed by atoms with Crippen molar-refractivity contribution in [3.63, 3.8) is 0 Å². The van der Waals surface area contributed by atoms with Gasteiger partial charge in [0.05, 0.1) is 20.3 Å². The van der Waals surface area contributed by atoms with Crippen LogP contribution < -0.4 is 10.1 Å². The summed E-state index contributed by atoms with van der Waals surface area (Å²) in [5.41, 5.74) is 2.27. The maximum atomic E-state index is 6.10. The lowest BCUT2D eigenvalue weighted by atomic mass is 10.0. The molecule has 1 aromatic carbocycles. The van der Waals surface area contributed by atoms with Gasteiger partial charge in [-0.1, -0.05) is 11.6 Å². The number of hydrogen-bond donors (Lipinski definition) is 1. The topological polar surface area (TPSA) is 30.5 Å². The molecule has 1 aliphatic rings. The highest BCUT2D eigenvalue weighted by molar-refractivity contribution is 6.30. The van der Waals surface area contributed by atoms with Crippen LogP contribution in [0.3, 0.4) is 0 Å². The molecule has 3 nitrogen and oxygen atoms in total. The van der Waals surface area contributed by atoms with Crippen LogP contribution in [0, 0.1) is 6.92 Å². The van der Waals surface area contributed by atoms with Gasteiger partial charge in [0.1, 0.15) is 5.75 Å². The van der Waals surface area contributed by atoms with Gasteiger partial charge in [0.2, 0.25) is 0 Å². The summed E-state index contributed by atoms with van der Waals surface area (Å²) >= 11 is 6.10. The molecule has 1 aliphatic heterocycles. The van der Waals surface area contributed by atoms with Gasteiger partial charge in [0.15, 0.2) is 0 Å². The monoisotopic (exact) mass is 269 g/mol. The Morgan fingerprint density at radius 1 is 1.50 bits per heavy atom. The predicted molar refractivity (Wildman–Crippen MR) is 73.7 cm³/mol. The van der Waals surface area contributed by atoms with Gasteiger partial charge in [0.25, 0.3) is 0 Å². The molecular formula is C14H20ClNO2. The van der Waals surface area contributed by atoms with Crippen molar-refractivity contribution in [3.8, 4) is 5.75 Å². The molecule has 0 radical (unpaired) electrons. The van der Waals surface area contributed by atoms with Crippen molar-refractivity contribution in [2.75, 3.05) is 26.9 Å². The van der Waals surface area contributed by atoms with Crippen LogP contribution in [0.25, 0.3) is 0 Å². The average molecular weight is 270 g/mol. The van der Waals surface area contributed by atoms with Crippen molar-refractivity contribution in [1.29, 1.82) is 0 Å². The zero-order valence-electron chi connectivity index (χ0n) is 11.0. The Hall–Kier alpha value is -0.770. The summed E-state index contributed by atoms with van der Waals surface area (Å²) in [6.07, 6.45) is 1.99. The molecular weight excluding hydrogens is 250 g/mol. The van der Waals surface area contributed by atoms with Crippen LogP contribution >= 0.6 is 11.6 Å². The summed E-state index contributed by atoms with van der Waals surface area (Å²) in [7, 11) is 1.71. The Labute approximate surface area is 113 Å². The maximum absolute atomic E-state index is 6.10. The lowest BCUT2D eigenvalue weighted by Gasteiger charge is -2.24. The van der Waals surface area contributed by atoms with Crippen LogP contribution in [-0.2, 0) is 11.2 Å². The molecule has 0 aliphatic carbocycles. The summed E-state index contributed by atoms with van der Waals surface area (Å²) in [6, 6.07) is 4.37. The normalized spacial score (nSPS) is 19.8. The van der Waals surface area contributed by atoms with Crippen LogP contribution in [-0.4, -0.2) is 32.9 Å². The molecule has 2 rings (SSSR count). The third-order valence-corrected chi connectivity index (χ3v) is 3.50. The number of hydrogen-bond acceptors (Lipinski definition) is 3. The van der Waals surface area contributed by atoms with Gasteiger partial charge >= 0.3 is 0 Å². The van der Waals surface area contributed by atoms with Gasteiger partial charge in [-0.25, -0.2) is 0 Å². The SMILES string of the molecule is COc1c(C)cc(Cl)cc1CCC1COCCN1. The fourth-order valence-electron chi connectivity index (χ4n) is 2.41. The number of aryl methyl sites for hydroxylation is 2. The highest BCUT2D eigenvalue weighted by Gasteiger charge is 2.15. The Morgan fingerprint density at radius 2 is 2.33 bits per heavy atom. The second-order valence-corrected chi connectivity index (χ2v) is 5.12. The van der Waals surface area contributed by atoms with Crippen LogP contribution in [0.2, 0.25) is 5.02 Å². The highest BCUT2D eigenvalue weighted by Crippen LogP contribution is 2.28. The van der Waals surface area contributed by atoms with E-state index in [2.05, 4.69) is 5.32 Å². The molecule has 0 amide bonds. The quantitative estimate of drug-likeness (QED) is 0.911. The minimum Gasteiger partial charge on any atom is -0.496 e. The van der Waals surface area contributed by atoms with Crippen molar-refractivity contribution >= 4 is 11.6 Å². The van der Waals surface area contributed by atoms with E-state index < -0.39 is 0 Å². The average Bonchev–Trinajstić information content (AvgIpc) is 2.37. The summed E-state index contributed by atoms with van der Waals surface area (Å²) in [5, 5.41) is 4.23. The lowest BCUT2D eigenvalue weighted by molar-refractivity contribution is 0.0743. The second kappa shape index (κ2) is 6.41. The van der Waals surface area contributed by atoms with Gasteiger partial charge in [-0.3, -0.25) is 0 Å². The molecule has 4 heteroatoms. The summed E-state index contributed by atoms with van der Waals surface area (Å²) < 4.78 is 10.9. The van der Waals surface area contributed by atoms with E-state index in [0.29, 0.717) is 6.04 Å². The number of methoxy groups -OCH3 is 1. The first-order chi connectivity index (χ1) is 8.70. The first kappa shape index (κ1) is 13.7. The largest absolute Gasteiger partial charge is 0.496 e. The Kier molecular flexibility index (Phi) is 4.87. The van der Waals surface area contributed by atoms with Crippen molar-refractivity contribution in [2.45, 2.75) is 25.8 Å². The molecule has 0 saturated carbocycles. The van der Waals surface area contributed by atoms with Crippen molar-refractivity contribution < 1.29 is 9.47 Å². The molecule has 0 aromatic heterocycles. The number of rotatable bonds is 4. The minimum absolute atomic E-state index is 0.433. The van der Waals surface area contributed by atoms with Gasteiger partial charge in [0, 0.05) is 17.6 Å². The smallest absolute Gasteiger partial charge is 0.125 e. The van der Waals surface area contributed by atoms with E-state index >= 15 is 0 Å². The Bertz CT molecular complexity index is 403. The zero-order chi connectivity index (χ0) is 13.0. The highest BCUT2D eigenvalue weighted by atomic mass is 35.5. The zero-order valence-corrected chi connectivity index (χ0v) is 11.7. The molecule has 0 bridgehead atoms. The first-order valence-electron chi connectivity index (χ1n) is 6.35. The van der Waals surface area contributed by atoms with E-state index in [-0.39, 0.29) is 0 Å². The van der Waals surface area contributed by atoms with E-state index in [1.54, 1.807) is 7.11 Å². The van der Waals surface area contributed by atoms with Crippen LogP contribution in [0.1, 0.15) is 17.5 Å². The number of halogens is 1. The fraction of sp³-hybridized carbons (Fsp3) is 0.571. The standard InChI is InChI=1S/C14H20ClNO2/c1-10-7-12(15)8-11(14(10)17-2)3-4-13-9-18-6-5-16-13/h7-8,13,16H,3-6,9H2,1-2H3. The molecule has 1 aromatic rings. The summed E-state index contributed by atoms with van der Waals surface area (Å²) in [4.78, 5) is 0. The van der Waals surface area contributed by atoms with E-state index in [1.165, 1.54) is 5.56 Å². The molecule has 1 heterocycles. The van der Waals surface area contributed by atoms with Gasteiger partial charge < -0.3 is 14.8 Å². The second-order valence-electron chi connectivity index (χ2n) is 4.68. The van der Waals surface area contributed by atoms with E-state index in [4.69, 9.17) is 21.1 Å². The van der Waals surface area contributed by atoms with Gasteiger partial charge in [-0.15, -0.1) is 0 Å². The van der Waals surface area contributed by atoms with Crippen LogP contribution in [0.15, 0.2) is 12.1 Å². The first-order valence-corrected chi connectivity index (χ1v) is 6.72. The molecule has 18 heavy (non-hydrogen) atoms. The van der Waals surface area contributed by atoms with Gasteiger partial charge in [-0.2, -0.15) is 0 Å². The maximum Gasteiger partial charge on any atom is 0.125 e. The van der Waals surface area contributed by atoms with E-state index in [1.807, 2.05) is 19.1 Å². The number of nitrogens with one attached hydrogen (secondary N) is 1. The molecule has 1 saturated heterocycles. The molecule has 1 unspecified atom stereocenters. The number of benzene rings is 1. The molecule has 1 N–H and O–H groups in total. The predicted octanol–water partition coefficient (Wildman–Crippen LogP) is 2.58. The van der Waals surface area contributed by atoms with E-state index in [0.717, 1.165) is 48.9 Å². The third kappa shape index (κ3) is 3.37. The molecule has 1 fully saturated rings.